The van der Waals surface area contributed by atoms with Crippen LogP contribution in [0.4, 0.5) is 0 Å². The Bertz CT molecular complexity index is 638. The molecule has 1 aliphatic heterocycles. The molecule has 2 N–H and O–H groups in total. The van der Waals surface area contributed by atoms with Crippen LogP contribution in [0.1, 0.15) is 5.56 Å². The largest absolute Gasteiger partial charge is 0.354 e. The molecule has 0 saturated carbocycles. The van der Waals surface area contributed by atoms with E-state index in [1.807, 2.05) is 6.92 Å². The minimum Gasteiger partial charge on any atom is -0.354 e. The molecular weight excluding hydrogens is 328 g/mol. The fraction of sp³-hybridized carbons (Fsp3) is 0.562. The molecule has 0 atom stereocenters. The number of hydrogen-bond donors (Lipinski definition) is 2. The SMILES string of the molecule is Cc1ccc(S(=O)(=O)NCCNC(=O)CN2CCN(C)CC2)cc1. The molecular formula is C16H26N4O3S. The zero-order chi connectivity index (χ0) is 17.6. The number of benzene rings is 1. The molecule has 1 aliphatic rings. The molecule has 1 aromatic rings. The van der Waals surface area contributed by atoms with Crippen molar-refractivity contribution >= 4 is 15.9 Å². The summed E-state index contributed by atoms with van der Waals surface area (Å²) in [5, 5.41) is 2.75. The molecule has 1 aromatic carbocycles. The van der Waals surface area contributed by atoms with Crippen LogP contribution in [-0.4, -0.2) is 77.0 Å². The van der Waals surface area contributed by atoms with Gasteiger partial charge in [-0.15, -0.1) is 0 Å². The second-order valence-electron chi connectivity index (χ2n) is 6.14. The zero-order valence-corrected chi connectivity index (χ0v) is 15.1. The Morgan fingerprint density at radius 1 is 1.08 bits per heavy atom. The van der Waals surface area contributed by atoms with Crippen molar-refractivity contribution in [1.82, 2.24) is 19.8 Å². The first kappa shape index (κ1) is 18.9. The number of likely N-dealkylation sites (N-methyl/N-ethyl adjacent to an activating group) is 1. The Hall–Kier alpha value is -1.48. The molecule has 0 radical (unpaired) electrons. The van der Waals surface area contributed by atoms with Gasteiger partial charge in [-0.25, -0.2) is 13.1 Å². The first-order valence-electron chi connectivity index (χ1n) is 8.11. The summed E-state index contributed by atoms with van der Waals surface area (Å²) in [5.41, 5.74) is 1.00. The number of piperazine rings is 1. The van der Waals surface area contributed by atoms with Crippen molar-refractivity contribution in [3.63, 3.8) is 0 Å². The zero-order valence-electron chi connectivity index (χ0n) is 14.3. The molecule has 8 heteroatoms. The van der Waals surface area contributed by atoms with Gasteiger partial charge in [-0.2, -0.15) is 0 Å². The highest BCUT2D eigenvalue weighted by Crippen LogP contribution is 2.09. The van der Waals surface area contributed by atoms with Crippen molar-refractivity contribution in [3.8, 4) is 0 Å². The summed E-state index contributed by atoms with van der Waals surface area (Å²) in [5.74, 6) is -0.0749. The Labute approximate surface area is 144 Å². The lowest BCUT2D eigenvalue weighted by molar-refractivity contribution is -0.122. The van der Waals surface area contributed by atoms with Crippen LogP contribution < -0.4 is 10.0 Å². The maximum absolute atomic E-state index is 12.1. The number of amides is 1. The minimum atomic E-state index is -3.53. The highest BCUT2D eigenvalue weighted by atomic mass is 32.2. The summed E-state index contributed by atoms with van der Waals surface area (Å²) >= 11 is 0. The van der Waals surface area contributed by atoms with Gasteiger partial charge in [-0.3, -0.25) is 9.69 Å². The van der Waals surface area contributed by atoms with Crippen LogP contribution in [0, 0.1) is 6.92 Å². The lowest BCUT2D eigenvalue weighted by atomic mass is 10.2. The molecule has 1 amide bonds. The van der Waals surface area contributed by atoms with Gasteiger partial charge in [0.15, 0.2) is 0 Å². The summed E-state index contributed by atoms with van der Waals surface area (Å²) in [6.07, 6.45) is 0. The molecule has 2 rings (SSSR count). The molecule has 0 aliphatic carbocycles. The monoisotopic (exact) mass is 354 g/mol. The van der Waals surface area contributed by atoms with Crippen molar-refractivity contribution in [2.24, 2.45) is 0 Å². The van der Waals surface area contributed by atoms with Crippen LogP contribution in [-0.2, 0) is 14.8 Å². The van der Waals surface area contributed by atoms with Crippen LogP contribution in [0.25, 0.3) is 0 Å². The van der Waals surface area contributed by atoms with E-state index in [9.17, 15) is 13.2 Å². The van der Waals surface area contributed by atoms with Crippen molar-refractivity contribution in [2.45, 2.75) is 11.8 Å². The lowest BCUT2D eigenvalue weighted by Gasteiger charge is -2.31. The summed E-state index contributed by atoms with van der Waals surface area (Å²) in [6.45, 7) is 6.39. The van der Waals surface area contributed by atoms with Gasteiger partial charge in [-0.1, -0.05) is 17.7 Å². The van der Waals surface area contributed by atoms with Gasteiger partial charge < -0.3 is 10.2 Å². The number of carbonyl (C=O) groups is 1. The van der Waals surface area contributed by atoms with Gasteiger partial charge in [0.05, 0.1) is 11.4 Å². The Kier molecular flexibility index (Phi) is 6.73. The van der Waals surface area contributed by atoms with Crippen LogP contribution >= 0.6 is 0 Å². The van der Waals surface area contributed by atoms with Crippen LogP contribution in [0.5, 0.6) is 0 Å². The number of aryl methyl sites for hydroxylation is 1. The van der Waals surface area contributed by atoms with E-state index >= 15 is 0 Å². The lowest BCUT2D eigenvalue weighted by Crippen LogP contribution is -2.48. The van der Waals surface area contributed by atoms with Gasteiger partial charge in [0.2, 0.25) is 15.9 Å². The van der Waals surface area contributed by atoms with E-state index in [0.29, 0.717) is 6.54 Å². The minimum absolute atomic E-state index is 0.0749. The van der Waals surface area contributed by atoms with Crippen molar-refractivity contribution in [1.29, 1.82) is 0 Å². The molecule has 1 saturated heterocycles. The van der Waals surface area contributed by atoms with Crippen LogP contribution in [0.3, 0.4) is 0 Å². The maximum atomic E-state index is 12.1. The van der Waals surface area contributed by atoms with Crippen LogP contribution in [0.15, 0.2) is 29.2 Å². The van der Waals surface area contributed by atoms with E-state index in [1.165, 1.54) is 0 Å². The summed E-state index contributed by atoms with van der Waals surface area (Å²) in [4.78, 5) is 16.4. The molecule has 1 fully saturated rings. The number of rotatable bonds is 7. The molecule has 134 valence electrons. The van der Waals surface area contributed by atoms with Gasteiger partial charge in [0.25, 0.3) is 0 Å². The first-order valence-corrected chi connectivity index (χ1v) is 9.59. The van der Waals surface area contributed by atoms with E-state index in [0.717, 1.165) is 31.7 Å². The second-order valence-corrected chi connectivity index (χ2v) is 7.91. The molecule has 0 unspecified atom stereocenters. The number of hydrogen-bond acceptors (Lipinski definition) is 5. The Morgan fingerprint density at radius 3 is 2.33 bits per heavy atom. The molecule has 7 nitrogen and oxygen atoms in total. The second kappa shape index (κ2) is 8.57. The third kappa shape index (κ3) is 5.86. The number of nitrogens with zero attached hydrogens (tertiary/aromatic N) is 2. The highest BCUT2D eigenvalue weighted by molar-refractivity contribution is 7.89. The molecule has 0 bridgehead atoms. The standard InChI is InChI=1S/C16H26N4O3S/c1-14-3-5-15(6-4-14)24(22,23)18-8-7-17-16(21)13-20-11-9-19(2)10-12-20/h3-6,18H,7-13H2,1-2H3,(H,17,21). The van der Waals surface area contributed by atoms with Gasteiger partial charge in [-0.05, 0) is 26.1 Å². The molecule has 0 aromatic heterocycles. The smallest absolute Gasteiger partial charge is 0.240 e. The van der Waals surface area contributed by atoms with E-state index < -0.39 is 10.0 Å². The summed E-state index contributed by atoms with van der Waals surface area (Å²) in [6, 6.07) is 6.66. The summed E-state index contributed by atoms with van der Waals surface area (Å²) < 4.78 is 26.7. The van der Waals surface area contributed by atoms with Crippen molar-refractivity contribution in [3.05, 3.63) is 29.8 Å². The van der Waals surface area contributed by atoms with Gasteiger partial charge in [0.1, 0.15) is 0 Å². The summed E-state index contributed by atoms with van der Waals surface area (Å²) in [7, 11) is -1.46. The number of carbonyl (C=O) groups excluding carboxylic acids is 1. The molecule has 1 heterocycles. The predicted molar refractivity (Wildman–Crippen MR) is 93.3 cm³/mol. The number of sulfonamides is 1. The fourth-order valence-corrected chi connectivity index (χ4v) is 3.48. The normalized spacial score (nSPS) is 16.9. The van der Waals surface area contributed by atoms with E-state index in [4.69, 9.17) is 0 Å². The predicted octanol–water partition coefficient (Wildman–Crippen LogP) is -0.363. The molecule has 24 heavy (non-hydrogen) atoms. The molecule has 0 spiro atoms. The Balaban J connectivity index is 1.68. The third-order valence-corrected chi connectivity index (χ3v) is 5.51. The third-order valence-electron chi connectivity index (χ3n) is 4.03. The maximum Gasteiger partial charge on any atom is 0.240 e. The number of nitrogens with one attached hydrogen (secondary N) is 2. The van der Waals surface area contributed by atoms with Gasteiger partial charge >= 0.3 is 0 Å². The fourth-order valence-electron chi connectivity index (χ4n) is 2.45. The van der Waals surface area contributed by atoms with E-state index in [2.05, 4.69) is 26.9 Å². The highest BCUT2D eigenvalue weighted by Gasteiger charge is 2.16. The quantitative estimate of drug-likeness (QED) is 0.654. The average Bonchev–Trinajstić information content (AvgIpc) is 2.54. The van der Waals surface area contributed by atoms with Crippen molar-refractivity contribution < 1.29 is 13.2 Å². The van der Waals surface area contributed by atoms with Crippen molar-refractivity contribution in [2.75, 3.05) is 52.9 Å². The van der Waals surface area contributed by atoms with Gasteiger partial charge in [0, 0.05) is 39.3 Å². The first-order chi connectivity index (χ1) is 11.4. The average molecular weight is 354 g/mol. The Morgan fingerprint density at radius 2 is 1.71 bits per heavy atom. The topological polar surface area (TPSA) is 81.8 Å². The van der Waals surface area contributed by atoms with Crippen LogP contribution in [0.2, 0.25) is 0 Å². The van der Waals surface area contributed by atoms with E-state index in [-0.39, 0.29) is 23.9 Å². The van der Waals surface area contributed by atoms with E-state index in [1.54, 1.807) is 24.3 Å².